The largest absolute Gasteiger partial charge is 0.492 e. The molecule has 1 amide bonds. The average molecular weight is 352 g/mol. The molecular weight excluding hydrogens is 335 g/mol. The molecule has 1 unspecified atom stereocenters. The van der Waals surface area contributed by atoms with Crippen molar-refractivity contribution in [3.8, 4) is 5.75 Å². The normalized spacial score (nSPS) is 16.3. The number of benzene rings is 1. The molecule has 1 aromatic carbocycles. The molecule has 0 fully saturated rings. The van der Waals surface area contributed by atoms with Gasteiger partial charge in [0.15, 0.2) is 0 Å². The van der Waals surface area contributed by atoms with Crippen LogP contribution in [0.4, 0.5) is 10.1 Å². The van der Waals surface area contributed by atoms with E-state index in [4.69, 9.17) is 4.74 Å². The second kappa shape index (κ2) is 7.33. The molecule has 2 N–H and O–H groups in total. The number of nitrogens with one attached hydrogen (secondary N) is 2. The van der Waals surface area contributed by atoms with Crippen LogP contribution in [0.3, 0.4) is 0 Å². The molecule has 1 aliphatic rings. The Kier molecular flexibility index (Phi) is 5.20. The number of hydrogen-bond acceptors (Lipinski definition) is 5. The predicted octanol–water partition coefficient (Wildman–Crippen LogP) is 3.41. The lowest BCUT2D eigenvalue weighted by molar-refractivity contribution is -0.115. The molecule has 23 heavy (non-hydrogen) atoms. The monoisotopic (exact) mass is 352 g/mol. The highest BCUT2D eigenvalue weighted by atomic mass is 32.2. The van der Waals surface area contributed by atoms with Crippen LogP contribution in [0.5, 0.6) is 5.75 Å². The molecule has 2 heterocycles. The van der Waals surface area contributed by atoms with Crippen molar-refractivity contribution >= 4 is 34.7 Å². The third-order valence-corrected chi connectivity index (χ3v) is 5.35. The van der Waals surface area contributed by atoms with Crippen LogP contribution in [0.15, 0.2) is 29.6 Å². The summed E-state index contributed by atoms with van der Waals surface area (Å²) in [6.07, 6.45) is 1.83. The third-order valence-electron chi connectivity index (χ3n) is 3.55. The number of thiophene rings is 1. The van der Waals surface area contributed by atoms with Gasteiger partial charge in [-0.25, -0.2) is 4.39 Å². The Bertz CT molecular complexity index is 692. The van der Waals surface area contributed by atoms with Crippen LogP contribution < -0.4 is 15.4 Å². The molecule has 7 heteroatoms. The summed E-state index contributed by atoms with van der Waals surface area (Å²) in [5, 5.41) is 7.51. The molecule has 3 rings (SSSR count). The number of fused-ring (bicyclic) bond motifs is 1. The maximum atomic E-state index is 13.9. The summed E-state index contributed by atoms with van der Waals surface area (Å²) in [5.41, 5.74) is 0.860. The second-order valence-electron chi connectivity index (χ2n) is 5.04. The molecular formula is C16H17FN2O2S2. The fourth-order valence-corrected chi connectivity index (χ4v) is 3.91. The first-order chi connectivity index (χ1) is 11.2. The molecule has 4 nitrogen and oxygen atoms in total. The molecule has 0 bridgehead atoms. The Labute approximate surface area is 142 Å². The van der Waals surface area contributed by atoms with Crippen molar-refractivity contribution in [1.29, 1.82) is 0 Å². The van der Waals surface area contributed by atoms with Crippen LogP contribution in [0.25, 0.3) is 0 Å². The molecule has 1 aliphatic heterocycles. The SMILES string of the molecule is CSC1C(=O)Nc2c(F)ccc(OCCNCc3cccs3)c21. The Morgan fingerprint density at radius 2 is 2.30 bits per heavy atom. The number of anilines is 1. The van der Waals surface area contributed by atoms with Crippen LogP contribution in [-0.2, 0) is 11.3 Å². The standard InChI is InChI=1S/C16H17FN2O2S2/c1-22-15-13-12(5-4-11(17)14(13)19-16(15)20)21-7-6-18-9-10-3-2-8-23-10/h2-5,8,15,18H,6-7,9H2,1H3,(H,19,20). The highest BCUT2D eigenvalue weighted by Crippen LogP contribution is 2.45. The van der Waals surface area contributed by atoms with E-state index in [-0.39, 0.29) is 11.6 Å². The van der Waals surface area contributed by atoms with Crippen LogP contribution in [-0.4, -0.2) is 25.3 Å². The maximum absolute atomic E-state index is 13.9. The summed E-state index contributed by atoms with van der Waals surface area (Å²) in [4.78, 5) is 13.2. The zero-order valence-corrected chi connectivity index (χ0v) is 14.2. The summed E-state index contributed by atoms with van der Waals surface area (Å²) in [6.45, 7) is 1.93. The Balaban J connectivity index is 1.60. The Morgan fingerprint density at radius 1 is 1.43 bits per heavy atom. The van der Waals surface area contributed by atoms with Gasteiger partial charge < -0.3 is 15.4 Å². The number of carbonyl (C=O) groups is 1. The van der Waals surface area contributed by atoms with Gasteiger partial charge in [-0.05, 0) is 29.8 Å². The first-order valence-electron chi connectivity index (χ1n) is 7.22. The van der Waals surface area contributed by atoms with E-state index in [0.717, 1.165) is 6.54 Å². The lowest BCUT2D eigenvalue weighted by atomic mass is 10.1. The van der Waals surface area contributed by atoms with E-state index < -0.39 is 11.1 Å². The van der Waals surface area contributed by atoms with Gasteiger partial charge in [-0.3, -0.25) is 4.79 Å². The zero-order chi connectivity index (χ0) is 16.2. The summed E-state index contributed by atoms with van der Waals surface area (Å²) >= 11 is 3.08. The molecule has 1 atom stereocenters. The molecule has 2 aromatic rings. The van der Waals surface area contributed by atoms with Gasteiger partial charge >= 0.3 is 0 Å². The van der Waals surface area contributed by atoms with Gasteiger partial charge in [-0.2, -0.15) is 0 Å². The van der Waals surface area contributed by atoms with Crippen molar-refractivity contribution in [1.82, 2.24) is 5.32 Å². The topological polar surface area (TPSA) is 50.4 Å². The van der Waals surface area contributed by atoms with E-state index in [9.17, 15) is 9.18 Å². The average Bonchev–Trinajstić information content (AvgIpc) is 3.16. The van der Waals surface area contributed by atoms with Gasteiger partial charge in [-0.1, -0.05) is 6.07 Å². The van der Waals surface area contributed by atoms with Crippen LogP contribution in [0, 0.1) is 5.82 Å². The highest BCUT2D eigenvalue weighted by Gasteiger charge is 2.35. The molecule has 122 valence electrons. The van der Waals surface area contributed by atoms with Gasteiger partial charge in [0.25, 0.3) is 0 Å². The Hall–Kier alpha value is -1.57. The molecule has 0 aliphatic carbocycles. The van der Waals surface area contributed by atoms with Crippen molar-refractivity contribution in [2.24, 2.45) is 0 Å². The van der Waals surface area contributed by atoms with Crippen molar-refractivity contribution in [2.45, 2.75) is 11.8 Å². The van der Waals surface area contributed by atoms with E-state index in [1.165, 1.54) is 22.7 Å². The quantitative estimate of drug-likeness (QED) is 0.750. The van der Waals surface area contributed by atoms with Crippen LogP contribution in [0.2, 0.25) is 0 Å². The van der Waals surface area contributed by atoms with Crippen LogP contribution in [0.1, 0.15) is 15.7 Å². The number of thioether (sulfide) groups is 1. The molecule has 0 saturated heterocycles. The van der Waals surface area contributed by atoms with Gasteiger partial charge in [-0.15, -0.1) is 23.1 Å². The summed E-state index contributed by atoms with van der Waals surface area (Å²) < 4.78 is 19.6. The summed E-state index contributed by atoms with van der Waals surface area (Å²) in [7, 11) is 0. The number of amides is 1. The first kappa shape index (κ1) is 16.3. The fourth-order valence-electron chi connectivity index (χ4n) is 2.49. The number of rotatable bonds is 7. The highest BCUT2D eigenvalue weighted by molar-refractivity contribution is 7.99. The maximum Gasteiger partial charge on any atom is 0.242 e. The first-order valence-corrected chi connectivity index (χ1v) is 9.39. The number of hydrogen-bond donors (Lipinski definition) is 2. The zero-order valence-electron chi connectivity index (χ0n) is 12.6. The fraction of sp³-hybridized carbons (Fsp3) is 0.312. The van der Waals surface area contributed by atoms with Gasteiger partial charge in [0, 0.05) is 23.5 Å². The smallest absolute Gasteiger partial charge is 0.242 e. The number of ether oxygens (including phenoxy) is 1. The minimum absolute atomic E-state index is 0.196. The van der Waals surface area contributed by atoms with E-state index in [2.05, 4.69) is 16.7 Å². The second-order valence-corrected chi connectivity index (χ2v) is 7.02. The van der Waals surface area contributed by atoms with Crippen molar-refractivity contribution in [3.05, 3.63) is 45.9 Å². The minimum atomic E-state index is -0.423. The predicted molar refractivity (Wildman–Crippen MR) is 92.8 cm³/mol. The van der Waals surface area contributed by atoms with Crippen molar-refractivity contribution < 1.29 is 13.9 Å². The third kappa shape index (κ3) is 3.52. The van der Waals surface area contributed by atoms with Crippen molar-refractivity contribution in [3.63, 3.8) is 0 Å². The molecule has 0 spiro atoms. The van der Waals surface area contributed by atoms with Crippen LogP contribution >= 0.6 is 23.1 Å². The molecule has 0 saturated carbocycles. The number of carbonyl (C=O) groups excluding carboxylic acids is 1. The van der Waals surface area contributed by atoms with E-state index in [1.54, 1.807) is 17.4 Å². The van der Waals surface area contributed by atoms with E-state index in [0.29, 0.717) is 24.5 Å². The van der Waals surface area contributed by atoms with E-state index in [1.807, 2.05) is 17.7 Å². The lowest BCUT2D eigenvalue weighted by Gasteiger charge is -2.13. The molecule has 0 radical (unpaired) electrons. The number of halogens is 1. The summed E-state index contributed by atoms with van der Waals surface area (Å²) in [6, 6.07) is 7.02. The minimum Gasteiger partial charge on any atom is -0.492 e. The van der Waals surface area contributed by atoms with Gasteiger partial charge in [0.05, 0.1) is 5.69 Å². The van der Waals surface area contributed by atoms with Gasteiger partial charge in [0.1, 0.15) is 23.4 Å². The summed E-state index contributed by atoms with van der Waals surface area (Å²) in [5.74, 6) is -0.0524. The van der Waals surface area contributed by atoms with Gasteiger partial charge in [0.2, 0.25) is 5.91 Å². The van der Waals surface area contributed by atoms with E-state index >= 15 is 0 Å². The molecule has 1 aromatic heterocycles. The van der Waals surface area contributed by atoms with Crippen molar-refractivity contribution in [2.75, 3.05) is 24.7 Å². The lowest BCUT2D eigenvalue weighted by Crippen LogP contribution is -2.20. The Morgan fingerprint density at radius 3 is 3.04 bits per heavy atom.